The van der Waals surface area contributed by atoms with Crippen LogP contribution in [-0.4, -0.2) is 34.9 Å². The molecule has 142 valence electrons. The van der Waals surface area contributed by atoms with Gasteiger partial charge in [-0.05, 0) is 42.9 Å². The maximum Gasteiger partial charge on any atom is 0.231 e. The number of benzene rings is 1. The SMILES string of the molecule is OC1(c2cccnc2)CCCC2CN(Cc3cc4c(cc3Cl)OCO4)CC21. The highest BCUT2D eigenvalue weighted by atomic mass is 35.5. The summed E-state index contributed by atoms with van der Waals surface area (Å²) in [4.78, 5) is 6.64. The van der Waals surface area contributed by atoms with Crippen LogP contribution in [0.4, 0.5) is 0 Å². The van der Waals surface area contributed by atoms with Crippen molar-refractivity contribution >= 4 is 11.6 Å². The van der Waals surface area contributed by atoms with Crippen molar-refractivity contribution in [2.24, 2.45) is 11.8 Å². The maximum absolute atomic E-state index is 11.5. The Labute approximate surface area is 163 Å². The van der Waals surface area contributed by atoms with Crippen molar-refractivity contribution in [3.8, 4) is 11.5 Å². The first kappa shape index (κ1) is 17.3. The highest BCUT2D eigenvalue weighted by Crippen LogP contribution is 2.48. The van der Waals surface area contributed by atoms with Crippen LogP contribution in [-0.2, 0) is 12.1 Å². The third kappa shape index (κ3) is 2.98. The third-order valence-electron chi connectivity index (χ3n) is 6.36. The quantitative estimate of drug-likeness (QED) is 0.873. The number of rotatable bonds is 3. The minimum atomic E-state index is -0.787. The van der Waals surface area contributed by atoms with Gasteiger partial charge in [-0.15, -0.1) is 0 Å². The molecule has 0 amide bonds. The number of aromatic nitrogens is 1. The first-order valence-electron chi connectivity index (χ1n) is 9.57. The summed E-state index contributed by atoms with van der Waals surface area (Å²) in [6, 6.07) is 7.75. The molecule has 1 saturated carbocycles. The van der Waals surface area contributed by atoms with Gasteiger partial charge in [-0.2, -0.15) is 0 Å². The van der Waals surface area contributed by atoms with Crippen molar-refractivity contribution in [3.05, 3.63) is 52.8 Å². The van der Waals surface area contributed by atoms with Gasteiger partial charge in [-0.25, -0.2) is 0 Å². The van der Waals surface area contributed by atoms with E-state index in [4.69, 9.17) is 21.1 Å². The zero-order valence-electron chi connectivity index (χ0n) is 15.1. The molecule has 27 heavy (non-hydrogen) atoms. The van der Waals surface area contributed by atoms with Crippen LogP contribution in [0.15, 0.2) is 36.7 Å². The van der Waals surface area contributed by atoms with Crippen LogP contribution >= 0.6 is 11.6 Å². The summed E-state index contributed by atoms with van der Waals surface area (Å²) in [7, 11) is 0. The monoisotopic (exact) mass is 386 g/mol. The average molecular weight is 387 g/mol. The van der Waals surface area contributed by atoms with Crippen LogP contribution in [0, 0.1) is 11.8 Å². The molecule has 0 bridgehead atoms. The standard InChI is InChI=1S/C21H23ClN2O3/c22-18-8-20-19(26-13-27-20)7-15(18)11-24-10-14-3-1-5-21(25,17(14)12-24)16-4-2-6-23-9-16/h2,4,6-9,14,17,25H,1,3,5,10-13H2. The van der Waals surface area contributed by atoms with Crippen molar-refractivity contribution in [2.45, 2.75) is 31.4 Å². The zero-order valence-corrected chi connectivity index (χ0v) is 15.9. The molecule has 0 spiro atoms. The second kappa shape index (κ2) is 6.66. The Hall–Kier alpha value is -1.82. The van der Waals surface area contributed by atoms with Crippen LogP contribution in [0.25, 0.3) is 0 Å². The van der Waals surface area contributed by atoms with Gasteiger partial charge in [0.15, 0.2) is 11.5 Å². The van der Waals surface area contributed by atoms with Crippen LogP contribution in [0.3, 0.4) is 0 Å². The zero-order chi connectivity index (χ0) is 18.4. The minimum absolute atomic E-state index is 0.225. The molecule has 5 rings (SSSR count). The number of pyridine rings is 1. The van der Waals surface area contributed by atoms with E-state index in [1.807, 2.05) is 30.5 Å². The molecule has 3 aliphatic rings. The van der Waals surface area contributed by atoms with Crippen molar-refractivity contribution in [1.82, 2.24) is 9.88 Å². The molecule has 3 heterocycles. The first-order chi connectivity index (χ1) is 13.1. The van der Waals surface area contributed by atoms with Gasteiger partial charge < -0.3 is 14.6 Å². The van der Waals surface area contributed by atoms with Crippen molar-refractivity contribution in [1.29, 1.82) is 0 Å². The van der Waals surface area contributed by atoms with Crippen molar-refractivity contribution in [2.75, 3.05) is 19.9 Å². The lowest BCUT2D eigenvalue weighted by molar-refractivity contribution is -0.0650. The molecule has 3 atom stereocenters. The average Bonchev–Trinajstić information content (AvgIpc) is 3.30. The summed E-state index contributed by atoms with van der Waals surface area (Å²) >= 11 is 6.47. The molecular weight excluding hydrogens is 364 g/mol. The number of halogens is 1. The van der Waals surface area contributed by atoms with Gasteiger partial charge in [-0.3, -0.25) is 9.88 Å². The molecule has 3 unspecified atom stereocenters. The van der Waals surface area contributed by atoms with E-state index in [1.165, 1.54) is 6.42 Å². The Balaban J connectivity index is 1.37. The van der Waals surface area contributed by atoms with Crippen molar-refractivity contribution in [3.63, 3.8) is 0 Å². The lowest BCUT2D eigenvalue weighted by Gasteiger charge is -2.41. The molecule has 2 aromatic rings. The number of ether oxygens (including phenoxy) is 2. The number of hydrogen-bond donors (Lipinski definition) is 1. The topological polar surface area (TPSA) is 54.8 Å². The molecule has 1 N–H and O–H groups in total. The van der Waals surface area contributed by atoms with E-state index in [-0.39, 0.29) is 12.7 Å². The van der Waals surface area contributed by atoms with Crippen LogP contribution in [0.2, 0.25) is 5.02 Å². The summed E-state index contributed by atoms with van der Waals surface area (Å²) < 4.78 is 10.9. The van der Waals surface area contributed by atoms with Crippen LogP contribution in [0.5, 0.6) is 11.5 Å². The van der Waals surface area contributed by atoms with E-state index >= 15 is 0 Å². The maximum atomic E-state index is 11.5. The highest BCUT2D eigenvalue weighted by Gasteiger charge is 2.49. The second-order valence-corrected chi connectivity index (χ2v) is 8.32. The fourth-order valence-corrected chi connectivity index (χ4v) is 5.25. The van der Waals surface area contributed by atoms with Crippen LogP contribution < -0.4 is 9.47 Å². The molecule has 1 aliphatic carbocycles. The van der Waals surface area contributed by atoms with E-state index in [0.717, 1.165) is 49.4 Å². The Morgan fingerprint density at radius 2 is 2.11 bits per heavy atom. The van der Waals surface area contributed by atoms with Gasteiger partial charge in [0.1, 0.15) is 0 Å². The molecule has 6 heteroatoms. The van der Waals surface area contributed by atoms with E-state index in [0.29, 0.717) is 16.7 Å². The van der Waals surface area contributed by atoms with Crippen molar-refractivity contribution < 1.29 is 14.6 Å². The fraction of sp³-hybridized carbons (Fsp3) is 0.476. The summed E-state index contributed by atoms with van der Waals surface area (Å²) in [6.07, 6.45) is 6.60. The van der Waals surface area contributed by atoms with Gasteiger partial charge in [0.2, 0.25) is 6.79 Å². The highest BCUT2D eigenvalue weighted by molar-refractivity contribution is 6.31. The number of aliphatic hydroxyl groups is 1. The summed E-state index contributed by atoms with van der Waals surface area (Å²) in [5.74, 6) is 2.20. The number of likely N-dealkylation sites (tertiary alicyclic amines) is 1. The van der Waals surface area contributed by atoms with E-state index in [9.17, 15) is 5.11 Å². The minimum Gasteiger partial charge on any atom is -0.454 e. The van der Waals surface area contributed by atoms with Gasteiger partial charge >= 0.3 is 0 Å². The molecule has 1 aromatic carbocycles. The molecule has 2 aliphatic heterocycles. The number of hydrogen-bond acceptors (Lipinski definition) is 5. The third-order valence-corrected chi connectivity index (χ3v) is 6.71. The Bertz CT molecular complexity index is 847. The predicted molar refractivity (Wildman–Crippen MR) is 102 cm³/mol. The lowest BCUT2D eigenvalue weighted by atomic mass is 9.68. The predicted octanol–water partition coefficient (Wildman–Crippen LogP) is 3.58. The lowest BCUT2D eigenvalue weighted by Crippen LogP contribution is -2.42. The summed E-state index contributed by atoms with van der Waals surface area (Å²) in [5.41, 5.74) is 1.21. The fourth-order valence-electron chi connectivity index (χ4n) is 5.04. The van der Waals surface area contributed by atoms with E-state index in [2.05, 4.69) is 9.88 Å². The van der Waals surface area contributed by atoms with Gasteiger partial charge in [0, 0.05) is 54.6 Å². The second-order valence-electron chi connectivity index (χ2n) is 7.92. The first-order valence-corrected chi connectivity index (χ1v) is 9.94. The van der Waals surface area contributed by atoms with Crippen LogP contribution in [0.1, 0.15) is 30.4 Å². The molecule has 1 saturated heterocycles. The molecule has 0 radical (unpaired) electrons. The molecule has 1 aromatic heterocycles. The number of nitrogens with zero attached hydrogens (tertiary/aromatic N) is 2. The van der Waals surface area contributed by atoms with E-state index in [1.54, 1.807) is 6.20 Å². The van der Waals surface area contributed by atoms with E-state index < -0.39 is 5.60 Å². The Morgan fingerprint density at radius 1 is 1.26 bits per heavy atom. The largest absolute Gasteiger partial charge is 0.454 e. The summed E-state index contributed by atoms with van der Waals surface area (Å²) in [6.45, 7) is 2.85. The Morgan fingerprint density at radius 3 is 2.93 bits per heavy atom. The van der Waals surface area contributed by atoms with Gasteiger partial charge in [0.25, 0.3) is 0 Å². The molecule has 5 nitrogen and oxygen atoms in total. The Kier molecular flexibility index (Phi) is 4.26. The normalized spacial score (nSPS) is 29.7. The van der Waals surface area contributed by atoms with Gasteiger partial charge in [-0.1, -0.05) is 17.7 Å². The van der Waals surface area contributed by atoms with Gasteiger partial charge in [0.05, 0.1) is 5.60 Å². The molecule has 2 fully saturated rings. The smallest absolute Gasteiger partial charge is 0.231 e. The molecular formula is C21H23ClN2O3. The number of fused-ring (bicyclic) bond motifs is 2. The summed E-state index contributed by atoms with van der Waals surface area (Å²) in [5, 5.41) is 12.3.